The molecule has 1 saturated carbocycles. The molecule has 2 aliphatic heterocycles. The fraction of sp³-hybridized carbons (Fsp3) is 0.259. The third kappa shape index (κ3) is 10.1. The lowest BCUT2D eigenvalue weighted by Gasteiger charge is -2.27. The average Bonchev–Trinajstić information content (AvgIpc) is 4.19. The van der Waals surface area contributed by atoms with Gasteiger partial charge in [-0.3, -0.25) is 33.2 Å². The highest BCUT2D eigenvalue weighted by Crippen LogP contribution is 2.52. The Morgan fingerprint density at radius 1 is 0.732 bits per heavy atom. The minimum absolute atomic E-state index is 0.235. The van der Waals surface area contributed by atoms with Gasteiger partial charge in [0, 0.05) is 29.9 Å². The van der Waals surface area contributed by atoms with Crippen LogP contribution in [-0.2, 0) is 29.2 Å². The summed E-state index contributed by atoms with van der Waals surface area (Å²) in [4.78, 5) is 60.0. The number of carbonyl (C=O) groups is 2. The predicted molar refractivity (Wildman–Crippen MR) is 295 cm³/mol. The third-order valence-electron chi connectivity index (χ3n) is 13.7. The molecule has 7 aromatic rings. The summed E-state index contributed by atoms with van der Waals surface area (Å²) in [6, 6.07) is 46.1. The van der Waals surface area contributed by atoms with Crippen LogP contribution in [-0.4, -0.2) is 41.4 Å². The molecule has 1 aliphatic carbocycles. The molecule has 360 valence electrons. The van der Waals surface area contributed by atoms with Crippen molar-refractivity contribution < 1.29 is 14.7 Å². The van der Waals surface area contributed by atoms with E-state index in [2.05, 4.69) is 103 Å². The number of thiocarbonyl (C=S) groups is 1. The number of thiazole rings is 2. The highest BCUT2D eigenvalue weighted by atomic mass is 32.2. The van der Waals surface area contributed by atoms with E-state index >= 15 is 0 Å². The van der Waals surface area contributed by atoms with Crippen molar-refractivity contribution in [2.24, 2.45) is 0 Å². The molecule has 9 nitrogen and oxygen atoms in total. The van der Waals surface area contributed by atoms with E-state index in [1.54, 1.807) is 9.47 Å². The quantitative estimate of drug-likeness (QED) is 0.0580. The van der Waals surface area contributed by atoms with E-state index in [0.29, 0.717) is 43.5 Å². The SMILES string of the molecule is CCCCCCCCn1c(=O)/c(=c2\s/c(=C/c3ccc4c(c3)C3CCCC3N4c3ccc(C=C(c4ccccc4)c4ccccc4)cc3)c(=O)n2CC(=O)O)s/c1=C1\SC(=S)N(Cc2ccccc2)C1=O. The molecular formula is C58H54N4O5S4. The number of thioether (sulfide) groups is 1. The number of carbonyl (C=O) groups excluding carboxylic acids is 1. The van der Waals surface area contributed by atoms with Crippen LogP contribution in [0.1, 0.15) is 104 Å². The molecule has 2 atom stereocenters. The highest BCUT2D eigenvalue weighted by molar-refractivity contribution is 8.30. The summed E-state index contributed by atoms with van der Waals surface area (Å²) < 4.78 is 4.57. The van der Waals surface area contributed by atoms with Crippen LogP contribution in [0.2, 0.25) is 0 Å². The zero-order valence-electron chi connectivity index (χ0n) is 39.5. The maximum atomic E-state index is 14.7. The summed E-state index contributed by atoms with van der Waals surface area (Å²) in [5.41, 5.74) is 9.06. The van der Waals surface area contributed by atoms with E-state index in [4.69, 9.17) is 12.2 Å². The number of carboxylic acid groups (broad SMARTS) is 1. The Labute approximate surface area is 430 Å². The van der Waals surface area contributed by atoms with Crippen LogP contribution < -0.4 is 25.2 Å². The smallest absolute Gasteiger partial charge is 0.323 e. The third-order valence-corrected chi connectivity index (χ3v) is 17.7. The van der Waals surface area contributed by atoms with Gasteiger partial charge >= 0.3 is 5.97 Å². The van der Waals surface area contributed by atoms with Gasteiger partial charge in [0.2, 0.25) is 0 Å². The number of carboxylic acids is 1. The van der Waals surface area contributed by atoms with Gasteiger partial charge in [0.15, 0.2) is 0 Å². The fourth-order valence-electron chi connectivity index (χ4n) is 10.3. The van der Waals surface area contributed by atoms with Crippen molar-refractivity contribution in [3.63, 3.8) is 0 Å². The number of benzene rings is 5. The van der Waals surface area contributed by atoms with E-state index in [1.807, 2.05) is 54.6 Å². The van der Waals surface area contributed by atoms with Crippen molar-refractivity contribution in [2.75, 3.05) is 4.90 Å². The van der Waals surface area contributed by atoms with Crippen LogP contribution in [0.25, 0.3) is 22.6 Å². The summed E-state index contributed by atoms with van der Waals surface area (Å²) in [6.45, 7) is 2.24. The fourth-order valence-corrected chi connectivity index (χ4v) is 14.1. The molecule has 4 heterocycles. The van der Waals surface area contributed by atoms with Gasteiger partial charge in [0.05, 0.1) is 11.1 Å². The van der Waals surface area contributed by atoms with Gasteiger partial charge < -0.3 is 10.0 Å². The molecule has 3 aliphatic rings. The molecule has 0 spiro atoms. The maximum absolute atomic E-state index is 14.7. The summed E-state index contributed by atoms with van der Waals surface area (Å²) >= 11 is 9.19. The number of unbranched alkanes of at least 4 members (excludes halogenated alkanes) is 5. The van der Waals surface area contributed by atoms with Crippen LogP contribution in [0.3, 0.4) is 0 Å². The van der Waals surface area contributed by atoms with E-state index in [-0.39, 0.29) is 20.7 Å². The molecule has 0 radical (unpaired) electrons. The number of anilines is 2. The van der Waals surface area contributed by atoms with Gasteiger partial charge in [0.25, 0.3) is 17.0 Å². The molecule has 1 N–H and O–H groups in total. The lowest BCUT2D eigenvalue weighted by Crippen LogP contribution is -2.31. The number of hydrogen-bond acceptors (Lipinski definition) is 9. The van der Waals surface area contributed by atoms with Crippen LogP contribution in [0, 0.1) is 9.20 Å². The monoisotopic (exact) mass is 1010 g/mol. The molecule has 71 heavy (non-hydrogen) atoms. The topological polar surface area (TPSA) is 105 Å². The lowest BCUT2D eigenvalue weighted by atomic mass is 9.95. The van der Waals surface area contributed by atoms with Crippen molar-refractivity contribution in [3.8, 4) is 0 Å². The number of fused-ring (bicyclic) bond motifs is 3. The zero-order chi connectivity index (χ0) is 49.0. The van der Waals surface area contributed by atoms with Crippen molar-refractivity contribution in [1.29, 1.82) is 0 Å². The Balaban J connectivity index is 1.03. The molecule has 5 aromatic carbocycles. The Morgan fingerprint density at radius 3 is 2.08 bits per heavy atom. The predicted octanol–water partition coefficient (Wildman–Crippen LogP) is 11.2. The first-order valence-electron chi connectivity index (χ1n) is 24.5. The molecule has 1 amide bonds. The molecule has 1 saturated heterocycles. The Bertz CT molecular complexity index is 3470. The number of hydrogen-bond donors (Lipinski definition) is 1. The number of aliphatic carboxylic acids is 1. The first kappa shape index (κ1) is 48.3. The van der Waals surface area contributed by atoms with Gasteiger partial charge in [-0.05, 0) is 94.6 Å². The molecule has 2 aromatic heterocycles. The molecule has 13 heteroatoms. The normalized spacial score (nSPS) is 17.8. The standard InChI is InChI=1S/C58H54N4O5S4/c1-2-3-4-5-6-16-32-59-54(66)51(70-56(59)52-55(67)61(58(68)71-52)36-39-18-10-7-11-19-39)57-60(37-50(63)64)53(65)49(69-57)35-40-28-31-48-46(34-40)44-24-17-25-47(44)62(48)43-29-26-38(27-30-43)33-45(41-20-12-8-13-21-41)42-22-14-9-15-23-42/h7-15,18-23,26-31,33-35,44,47H,2-6,16-17,24-25,32,36-37H2,1H3,(H,63,64)/b49-35+,56-52-,57-51+. The minimum atomic E-state index is -1.19. The van der Waals surface area contributed by atoms with Gasteiger partial charge in [-0.2, -0.15) is 0 Å². The van der Waals surface area contributed by atoms with Crippen LogP contribution in [0.4, 0.5) is 11.4 Å². The average molecular weight is 1020 g/mol. The Hall–Kier alpha value is -6.38. The second-order valence-corrected chi connectivity index (χ2v) is 22.1. The van der Waals surface area contributed by atoms with Crippen molar-refractivity contribution >= 4 is 96.9 Å². The van der Waals surface area contributed by atoms with E-state index in [0.717, 1.165) is 125 Å². The second-order valence-electron chi connectivity index (χ2n) is 18.4. The van der Waals surface area contributed by atoms with E-state index < -0.39 is 18.1 Å². The molecule has 2 fully saturated rings. The summed E-state index contributed by atoms with van der Waals surface area (Å²) in [5, 5.41) is 10.1. The number of nitrogens with zero attached hydrogens (tertiary/aromatic N) is 4. The van der Waals surface area contributed by atoms with Crippen molar-refractivity contribution in [3.05, 3.63) is 206 Å². The maximum Gasteiger partial charge on any atom is 0.323 e. The molecule has 2 unspecified atom stereocenters. The summed E-state index contributed by atoms with van der Waals surface area (Å²) in [7, 11) is 0. The molecule has 0 bridgehead atoms. The van der Waals surface area contributed by atoms with Gasteiger partial charge in [-0.15, -0.1) is 22.7 Å². The molecule has 10 rings (SSSR count). The minimum Gasteiger partial charge on any atom is -0.480 e. The van der Waals surface area contributed by atoms with Gasteiger partial charge in [0.1, 0.15) is 29.6 Å². The van der Waals surface area contributed by atoms with Crippen molar-refractivity contribution in [1.82, 2.24) is 14.0 Å². The van der Waals surface area contributed by atoms with Crippen LogP contribution in [0.15, 0.2) is 143 Å². The Kier molecular flexibility index (Phi) is 14.6. The zero-order valence-corrected chi connectivity index (χ0v) is 42.8. The first-order chi connectivity index (χ1) is 34.7. The number of amides is 1. The van der Waals surface area contributed by atoms with Gasteiger partial charge in [-0.1, -0.05) is 179 Å². The van der Waals surface area contributed by atoms with Crippen molar-refractivity contribution in [2.45, 2.75) is 96.3 Å². The largest absolute Gasteiger partial charge is 0.480 e. The summed E-state index contributed by atoms with van der Waals surface area (Å²) in [5.74, 6) is -1.15. The van der Waals surface area contributed by atoms with Crippen LogP contribution in [0.5, 0.6) is 0 Å². The second kappa shape index (κ2) is 21.5. The lowest BCUT2D eigenvalue weighted by molar-refractivity contribution is -0.137. The van der Waals surface area contributed by atoms with Gasteiger partial charge in [-0.25, -0.2) is 0 Å². The van der Waals surface area contributed by atoms with Crippen LogP contribution >= 0.6 is 46.7 Å². The first-order valence-corrected chi connectivity index (χ1v) is 27.4. The summed E-state index contributed by atoms with van der Waals surface area (Å²) in [6.07, 6.45) is 13.4. The number of aromatic nitrogens is 2. The van der Waals surface area contributed by atoms with E-state index in [9.17, 15) is 24.3 Å². The Morgan fingerprint density at radius 2 is 1.39 bits per heavy atom. The number of rotatable bonds is 16. The molecular weight excluding hydrogens is 961 g/mol. The highest BCUT2D eigenvalue weighted by Gasteiger charge is 2.42. The van der Waals surface area contributed by atoms with E-state index in [1.165, 1.54) is 21.9 Å².